The van der Waals surface area contributed by atoms with Crippen molar-refractivity contribution in [3.63, 3.8) is 0 Å². The van der Waals surface area contributed by atoms with E-state index in [2.05, 4.69) is 42.6 Å². The number of likely N-dealkylation sites (N-methyl/N-ethyl adjacent to an activating group) is 2. The minimum atomic E-state index is 0.599. The summed E-state index contributed by atoms with van der Waals surface area (Å²) in [4.78, 5) is 16.8. The molecule has 1 aromatic rings. The summed E-state index contributed by atoms with van der Waals surface area (Å²) in [5.74, 6) is 1.77. The first-order valence-electron chi connectivity index (χ1n) is 10.5. The van der Waals surface area contributed by atoms with Crippen LogP contribution in [0.3, 0.4) is 0 Å². The van der Waals surface area contributed by atoms with E-state index in [0.717, 1.165) is 37.9 Å². The van der Waals surface area contributed by atoms with Crippen molar-refractivity contribution in [1.82, 2.24) is 19.8 Å². The fourth-order valence-electron chi connectivity index (χ4n) is 4.42. The molecule has 0 saturated carbocycles. The Balaban J connectivity index is 1.43. The molecular formula is C21H37N5. The van der Waals surface area contributed by atoms with E-state index in [9.17, 15) is 0 Å². The van der Waals surface area contributed by atoms with Gasteiger partial charge in [0.05, 0.1) is 0 Å². The van der Waals surface area contributed by atoms with E-state index < -0.39 is 0 Å². The number of aromatic nitrogens is 2. The fraction of sp³-hybridized carbons (Fsp3) is 0.810. The monoisotopic (exact) mass is 359 g/mol. The van der Waals surface area contributed by atoms with E-state index in [1.165, 1.54) is 44.2 Å². The minimum Gasteiger partial charge on any atom is -0.332 e. The van der Waals surface area contributed by atoms with Gasteiger partial charge in [-0.15, -0.1) is 0 Å². The summed E-state index contributed by atoms with van der Waals surface area (Å²) < 4.78 is 0. The Hall–Kier alpha value is -1.20. The minimum absolute atomic E-state index is 0.599. The van der Waals surface area contributed by atoms with Crippen LogP contribution in [0.2, 0.25) is 0 Å². The highest BCUT2D eigenvalue weighted by Crippen LogP contribution is 2.32. The van der Waals surface area contributed by atoms with Crippen LogP contribution in [0.25, 0.3) is 0 Å². The Morgan fingerprint density at radius 1 is 1.08 bits per heavy atom. The van der Waals surface area contributed by atoms with Crippen molar-refractivity contribution in [3.05, 3.63) is 18.0 Å². The standard InChI is InChI=1S/C21H37N5/c1-17(2)7-5-6-11-24(3)12-10-18-13-22-21(23-14-18)26-19-8-9-20(26)16-25(4)15-19/h13-14,17,19-20H,5-12,15-16H2,1-4H3. The largest absolute Gasteiger partial charge is 0.332 e. The second kappa shape index (κ2) is 9.14. The molecule has 3 rings (SSSR count). The van der Waals surface area contributed by atoms with Gasteiger partial charge in [-0.2, -0.15) is 0 Å². The molecule has 0 amide bonds. The fourth-order valence-corrected chi connectivity index (χ4v) is 4.42. The zero-order valence-electron chi connectivity index (χ0n) is 17.2. The second-order valence-corrected chi connectivity index (χ2v) is 8.85. The van der Waals surface area contributed by atoms with Crippen molar-refractivity contribution in [3.8, 4) is 0 Å². The van der Waals surface area contributed by atoms with E-state index >= 15 is 0 Å². The van der Waals surface area contributed by atoms with Crippen LogP contribution in [-0.2, 0) is 6.42 Å². The Morgan fingerprint density at radius 3 is 2.35 bits per heavy atom. The molecule has 0 aromatic carbocycles. The van der Waals surface area contributed by atoms with Crippen molar-refractivity contribution in [2.45, 2.75) is 64.5 Å². The van der Waals surface area contributed by atoms with Crippen molar-refractivity contribution in [1.29, 1.82) is 0 Å². The third kappa shape index (κ3) is 5.17. The van der Waals surface area contributed by atoms with Gasteiger partial charge in [0, 0.05) is 44.1 Å². The highest BCUT2D eigenvalue weighted by atomic mass is 15.4. The normalized spacial score (nSPS) is 23.4. The number of nitrogens with zero attached hydrogens (tertiary/aromatic N) is 5. The molecule has 2 unspecified atom stereocenters. The van der Waals surface area contributed by atoms with Gasteiger partial charge in [0.25, 0.3) is 0 Å². The number of fused-ring (bicyclic) bond motifs is 2. The van der Waals surface area contributed by atoms with Gasteiger partial charge in [-0.3, -0.25) is 0 Å². The van der Waals surface area contributed by atoms with Crippen molar-refractivity contribution < 1.29 is 0 Å². The molecule has 0 spiro atoms. The SMILES string of the molecule is CC(C)CCCCN(C)CCc1cnc(N2C3CCC2CN(C)C3)nc1. The van der Waals surface area contributed by atoms with Gasteiger partial charge in [0.15, 0.2) is 0 Å². The zero-order chi connectivity index (χ0) is 18.5. The highest BCUT2D eigenvalue weighted by molar-refractivity contribution is 5.37. The molecule has 2 fully saturated rings. The molecule has 0 aliphatic carbocycles. The molecule has 0 radical (unpaired) electrons. The average Bonchev–Trinajstić information content (AvgIpc) is 2.88. The number of piperazine rings is 1. The van der Waals surface area contributed by atoms with Crippen LogP contribution in [-0.4, -0.2) is 72.1 Å². The van der Waals surface area contributed by atoms with Crippen LogP contribution in [0.15, 0.2) is 12.4 Å². The number of rotatable bonds is 9. The first-order chi connectivity index (χ1) is 12.5. The summed E-state index contributed by atoms with van der Waals surface area (Å²) in [5, 5.41) is 0. The maximum atomic E-state index is 4.72. The summed E-state index contributed by atoms with van der Waals surface area (Å²) in [5.41, 5.74) is 1.25. The first kappa shape index (κ1) is 19.6. The molecule has 146 valence electrons. The third-order valence-electron chi connectivity index (χ3n) is 5.94. The maximum Gasteiger partial charge on any atom is 0.225 e. The quantitative estimate of drug-likeness (QED) is 0.633. The molecule has 1 aromatic heterocycles. The Morgan fingerprint density at radius 2 is 1.73 bits per heavy atom. The van der Waals surface area contributed by atoms with Crippen LogP contribution < -0.4 is 4.90 Å². The van der Waals surface area contributed by atoms with Gasteiger partial charge < -0.3 is 14.7 Å². The second-order valence-electron chi connectivity index (χ2n) is 8.85. The number of likely N-dealkylation sites (tertiary alicyclic amines) is 1. The van der Waals surface area contributed by atoms with E-state index in [4.69, 9.17) is 9.97 Å². The summed E-state index contributed by atoms with van der Waals surface area (Å²) in [6.45, 7) is 9.18. The van der Waals surface area contributed by atoms with E-state index in [0.29, 0.717) is 12.1 Å². The van der Waals surface area contributed by atoms with Gasteiger partial charge in [-0.25, -0.2) is 9.97 Å². The average molecular weight is 360 g/mol. The molecule has 2 aliphatic heterocycles. The molecule has 2 saturated heterocycles. The molecule has 3 heterocycles. The van der Waals surface area contributed by atoms with Crippen molar-refractivity contribution in [2.24, 2.45) is 5.92 Å². The number of unbranched alkanes of at least 4 members (excludes halogenated alkanes) is 1. The topological polar surface area (TPSA) is 35.5 Å². The Labute approximate surface area is 159 Å². The summed E-state index contributed by atoms with van der Waals surface area (Å²) in [6.07, 6.45) is 11.7. The lowest BCUT2D eigenvalue weighted by atomic mass is 10.1. The van der Waals surface area contributed by atoms with Gasteiger partial charge in [-0.05, 0) is 57.8 Å². The summed E-state index contributed by atoms with van der Waals surface area (Å²) in [7, 11) is 4.46. The van der Waals surface area contributed by atoms with Crippen LogP contribution in [0.4, 0.5) is 5.95 Å². The maximum absolute atomic E-state index is 4.72. The van der Waals surface area contributed by atoms with Crippen LogP contribution in [0, 0.1) is 5.92 Å². The number of hydrogen-bond acceptors (Lipinski definition) is 5. The molecule has 5 nitrogen and oxygen atoms in total. The van der Waals surface area contributed by atoms with E-state index in [1.54, 1.807) is 0 Å². The smallest absolute Gasteiger partial charge is 0.225 e. The Kier molecular flexibility index (Phi) is 6.87. The molecule has 2 aliphatic rings. The van der Waals surface area contributed by atoms with E-state index in [-0.39, 0.29) is 0 Å². The third-order valence-corrected chi connectivity index (χ3v) is 5.94. The Bertz CT molecular complexity index is 530. The molecule has 2 atom stereocenters. The highest BCUT2D eigenvalue weighted by Gasteiger charge is 2.39. The lowest BCUT2D eigenvalue weighted by molar-refractivity contribution is 0.262. The van der Waals surface area contributed by atoms with E-state index in [1.807, 2.05) is 12.4 Å². The summed E-state index contributed by atoms with van der Waals surface area (Å²) >= 11 is 0. The zero-order valence-corrected chi connectivity index (χ0v) is 17.2. The van der Waals surface area contributed by atoms with Gasteiger partial charge >= 0.3 is 0 Å². The van der Waals surface area contributed by atoms with Crippen LogP contribution in [0.5, 0.6) is 0 Å². The van der Waals surface area contributed by atoms with Gasteiger partial charge in [-0.1, -0.05) is 26.7 Å². The van der Waals surface area contributed by atoms with Crippen molar-refractivity contribution in [2.75, 3.05) is 45.2 Å². The van der Waals surface area contributed by atoms with Crippen molar-refractivity contribution >= 4 is 5.95 Å². The molecular weight excluding hydrogens is 322 g/mol. The lowest BCUT2D eigenvalue weighted by Crippen LogP contribution is -2.53. The van der Waals surface area contributed by atoms with Crippen LogP contribution >= 0.6 is 0 Å². The summed E-state index contributed by atoms with van der Waals surface area (Å²) in [6, 6.07) is 1.20. The predicted octanol–water partition coefficient (Wildman–Crippen LogP) is 3.06. The number of hydrogen-bond donors (Lipinski definition) is 0. The predicted molar refractivity (Wildman–Crippen MR) is 109 cm³/mol. The van der Waals surface area contributed by atoms with Crippen LogP contribution in [0.1, 0.15) is 51.5 Å². The van der Waals surface area contributed by atoms with Gasteiger partial charge in [0.2, 0.25) is 5.95 Å². The van der Waals surface area contributed by atoms with Gasteiger partial charge in [0.1, 0.15) is 0 Å². The molecule has 26 heavy (non-hydrogen) atoms. The number of anilines is 1. The molecule has 0 N–H and O–H groups in total. The first-order valence-corrected chi connectivity index (χ1v) is 10.5. The molecule has 5 heteroatoms. The lowest BCUT2D eigenvalue weighted by Gasteiger charge is -2.39. The molecule has 2 bridgehead atoms.